The summed E-state index contributed by atoms with van der Waals surface area (Å²) in [4.78, 5) is 12.3. The van der Waals surface area contributed by atoms with Gasteiger partial charge in [0.25, 0.3) is 0 Å². The van der Waals surface area contributed by atoms with Gasteiger partial charge in [-0.2, -0.15) is 0 Å². The average molecular weight is 380 g/mol. The molecule has 1 saturated carbocycles. The van der Waals surface area contributed by atoms with Gasteiger partial charge in [-0.25, -0.2) is 8.42 Å². The molecule has 1 aromatic rings. The van der Waals surface area contributed by atoms with Crippen LogP contribution < -0.4 is 10.1 Å². The van der Waals surface area contributed by atoms with Crippen molar-refractivity contribution in [1.29, 1.82) is 0 Å². The summed E-state index contributed by atoms with van der Waals surface area (Å²) in [5, 5.41) is 3.02. The van der Waals surface area contributed by atoms with Gasteiger partial charge in [0.2, 0.25) is 5.91 Å². The number of hydrogen-bond acceptors (Lipinski definition) is 4. The third kappa shape index (κ3) is 5.47. The number of hydrogen-bond donors (Lipinski definition) is 1. The van der Waals surface area contributed by atoms with Crippen LogP contribution in [-0.4, -0.2) is 39.5 Å². The number of carbonyl (C=O) groups excluding carboxylic acids is 1. The van der Waals surface area contributed by atoms with Crippen LogP contribution in [0.3, 0.4) is 0 Å². The molecule has 5 nitrogen and oxygen atoms in total. The van der Waals surface area contributed by atoms with E-state index >= 15 is 0 Å². The molecule has 0 aromatic heterocycles. The molecule has 3 rings (SSSR count). The third-order valence-corrected chi connectivity index (χ3v) is 7.42. The lowest BCUT2D eigenvalue weighted by molar-refractivity contribution is -0.121. The maximum atomic E-state index is 12.3. The van der Waals surface area contributed by atoms with Crippen molar-refractivity contribution in [2.75, 3.05) is 25.2 Å². The van der Waals surface area contributed by atoms with Gasteiger partial charge in [-0.05, 0) is 67.6 Å². The highest BCUT2D eigenvalue weighted by Crippen LogP contribution is 2.44. The van der Waals surface area contributed by atoms with Crippen LogP contribution in [0.2, 0.25) is 0 Å². The van der Waals surface area contributed by atoms with Crippen LogP contribution >= 0.6 is 0 Å². The Balaban J connectivity index is 1.42. The molecule has 1 amide bonds. The maximum absolute atomic E-state index is 12.3. The van der Waals surface area contributed by atoms with Gasteiger partial charge in [0, 0.05) is 13.0 Å². The quantitative estimate of drug-likeness (QED) is 0.670. The number of methoxy groups -OCH3 is 1. The van der Waals surface area contributed by atoms with E-state index in [4.69, 9.17) is 4.74 Å². The highest BCUT2D eigenvalue weighted by molar-refractivity contribution is 7.91. The van der Waals surface area contributed by atoms with Crippen LogP contribution in [0.25, 0.3) is 0 Å². The van der Waals surface area contributed by atoms with Gasteiger partial charge in [-0.3, -0.25) is 4.79 Å². The summed E-state index contributed by atoms with van der Waals surface area (Å²) in [7, 11) is -1.14. The molecule has 2 fully saturated rings. The Hall–Kier alpha value is -1.56. The number of ether oxygens (including phenoxy) is 1. The first-order chi connectivity index (χ1) is 12.5. The summed E-state index contributed by atoms with van der Waals surface area (Å²) in [5.41, 5.74) is 1.21. The van der Waals surface area contributed by atoms with Crippen LogP contribution in [0, 0.1) is 11.8 Å². The first kappa shape index (κ1) is 19.2. The van der Waals surface area contributed by atoms with Crippen molar-refractivity contribution in [1.82, 2.24) is 5.32 Å². The van der Waals surface area contributed by atoms with E-state index in [1.165, 1.54) is 18.4 Å². The highest BCUT2D eigenvalue weighted by atomic mass is 32.2. The third-order valence-electron chi connectivity index (χ3n) is 5.58. The van der Waals surface area contributed by atoms with E-state index in [1.807, 2.05) is 12.1 Å². The Kier molecular flexibility index (Phi) is 6.22. The van der Waals surface area contributed by atoms with Gasteiger partial charge in [0.1, 0.15) is 5.75 Å². The molecular weight excluding hydrogens is 350 g/mol. The molecule has 1 heterocycles. The van der Waals surface area contributed by atoms with Crippen LogP contribution in [0.5, 0.6) is 5.75 Å². The van der Waals surface area contributed by atoms with Crippen molar-refractivity contribution >= 4 is 15.7 Å². The van der Waals surface area contributed by atoms with E-state index in [1.54, 1.807) is 7.11 Å². The molecule has 6 heteroatoms. The van der Waals surface area contributed by atoms with E-state index in [-0.39, 0.29) is 17.7 Å². The van der Waals surface area contributed by atoms with Crippen molar-refractivity contribution in [2.24, 2.45) is 11.8 Å². The van der Waals surface area contributed by atoms with Gasteiger partial charge in [-0.15, -0.1) is 0 Å². The molecule has 2 atom stereocenters. The van der Waals surface area contributed by atoms with E-state index in [9.17, 15) is 13.2 Å². The molecule has 0 bridgehead atoms. The standard InChI is InChI=1S/C20H29NO4S/c1-25-18-8-6-17(7-9-18)19(16-4-5-16)13-20(22)21-11-2-3-15-10-12-26(23,24)14-15/h6-9,15-16,19H,2-5,10-14H2,1H3,(H,21,22). The molecular formula is C20H29NO4S. The monoisotopic (exact) mass is 379 g/mol. The number of sulfone groups is 1. The lowest BCUT2D eigenvalue weighted by Gasteiger charge is -2.17. The lowest BCUT2D eigenvalue weighted by Crippen LogP contribution is -2.27. The summed E-state index contributed by atoms with van der Waals surface area (Å²) < 4.78 is 28.2. The van der Waals surface area contributed by atoms with Crippen molar-refractivity contribution in [3.8, 4) is 5.75 Å². The molecule has 1 saturated heterocycles. The zero-order chi connectivity index (χ0) is 18.6. The number of amides is 1. The molecule has 1 N–H and O–H groups in total. The Labute approximate surface area is 156 Å². The van der Waals surface area contributed by atoms with Gasteiger partial charge < -0.3 is 10.1 Å². The van der Waals surface area contributed by atoms with Crippen molar-refractivity contribution in [3.63, 3.8) is 0 Å². The van der Waals surface area contributed by atoms with Gasteiger partial charge in [0.15, 0.2) is 9.84 Å². The fourth-order valence-electron chi connectivity index (χ4n) is 3.90. The summed E-state index contributed by atoms with van der Waals surface area (Å²) in [6.45, 7) is 0.634. The normalized spacial score (nSPS) is 22.7. The van der Waals surface area contributed by atoms with Crippen LogP contribution in [0.1, 0.15) is 50.0 Å². The predicted octanol–water partition coefficient (Wildman–Crippen LogP) is 2.91. The molecule has 0 radical (unpaired) electrons. The van der Waals surface area contributed by atoms with E-state index < -0.39 is 9.84 Å². The Morgan fingerprint density at radius 2 is 1.96 bits per heavy atom. The predicted molar refractivity (Wildman–Crippen MR) is 102 cm³/mol. The largest absolute Gasteiger partial charge is 0.497 e. The van der Waals surface area contributed by atoms with Crippen LogP contribution in [-0.2, 0) is 14.6 Å². The average Bonchev–Trinajstić information content (AvgIpc) is 3.40. The minimum absolute atomic E-state index is 0.0942. The zero-order valence-electron chi connectivity index (χ0n) is 15.4. The Morgan fingerprint density at radius 3 is 2.54 bits per heavy atom. The molecule has 144 valence electrons. The van der Waals surface area contributed by atoms with E-state index in [0.717, 1.165) is 25.0 Å². The molecule has 26 heavy (non-hydrogen) atoms. The van der Waals surface area contributed by atoms with Gasteiger partial charge in [0.05, 0.1) is 18.6 Å². The molecule has 1 aromatic carbocycles. The second-order valence-corrected chi connectivity index (χ2v) is 9.91. The topological polar surface area (TPSA) is 72.5 Å². The summed E-state index contributed by atoms with van der Waals surface area (Å²) in [6, 6.07) is 8.04. The van der Waals surface area contributed by atoms with Gasteiger partial charge >= 0.3 is 0 Å². The van der Waals surface area contributed by atoms with Crippen LogP contribution in [0.15, 0.2) is 24.3 Å². The minimum Gasteiger partial charge on any atom is -0.497 e. The molecule has 0 spiro atoms. The number of benzene rings is 1. The summed E-state index contributed by atoms with van der Waals surface area (Å²) >= 11 is 0. The van der Waals surface area contributed by atoms with E-state index in [0.29, 0.717) is 30.4 Å². The molecule has 1 aliphatic heterocycles. The van der Waals surface area contributed by atoms with Gasteiger partial charge in [-0.1, -0.05) is 12.1 Å². The fourth-order valence-corrected chi connectivity index (χ4v) is 5.81. The zero-order valence-corrected chi connectivity index (χ0v) is 16.3. The van der Waals surface area contributed by atoms with Crippen molar-refractivity contribution in [2.45, 2.75) is 44.4 Å². The SMILES string of the molecule is COc1ccc(C(CC(=O)NCCCC2CCS(=O)(=O)C2)C2CC2)cc1. The molecule has 1 aliphatic carbocycles. The number of rotatable bonds is 9. The molecule has 2 aliphatic rings. The Morgan fingerprint density at radius 1 is 1.23 bits per heavy atom. The first-order valence-corrected chi connectivity index (χ1v) is 11.4. The van der Waals surface area contributed by atoms with Crippen molar-refractivity contribution < 1.29 is 17.9 Å². The fraction of sp³-hybridized carbons (Fsp3) is 0.650. The highest BCUT2D eigenvalue weighted by Gasteiger charge is 2.33. The second kappa shape index (κ2) is 8.42. The number of carbonyl (C=O) groups is 1. The van der Waals surface area contributed by atoms with Crippen molar-refractivity contribution in [3.05, 3.63) is 29.8 Å². The van der Waals surface area contributed by atoms with E-state index in [2.05, 4.69) is 17.4 Å². The summed E-state index contributed by atoms with van der Waals surface area (Å²) in [5.74, 6) is 2.74. The lowest BCUT2D eigenvalue weighted by atomic mass is 9.90. The summed E-state index contributed by atoms with van der Waals surface area (Å²) in [6.07, 6.45) is 5.42. The maximum Gasteiger partial charge on any atom is 0.220 e. The number of nitrogens with one attached hydrogen (secondary N) is 1. The smallest absolute Gasteiger partial charge is 0.220 e. The van der Waals surface area contributed by atoms with Crippen LogP contribution in [0.4, 0.5) is 0 Å². The minimum atomic E-state index is -2.80. The molecule has 2 unspecified atom stereocenters. The second-order valence-electron chi connectivity index (χ2n) is 7.68. The Bertz CT molecular complexity index is 710. The first-order valence-electron chi connectivity index (χ1n) is 9.58.